The van der Waals surface area contributed by atoms with Crippen LogP contribution in [0.1, 0.15) is 40.7 Å². The van der Waals surface area contributed by atoms with Gasteiger partial charge in [0.2, 0.25) is 10.0 Å². The first-order valence-electron chi connectivity index (χ1n) is 8.21. The Labute approximate surface area is 146 Å². The lowest BCUT2D eigenvalue weighted by molar-refractivity contribution is -0.0406. The maximum absolute atomic E-state index is 12.6. The Morgan fingerprint density at radius 1 is 1.28 bits per heavy atom. The van der Waals surface area contributed by atoms with Crippen LogP contribution in [0.2, 0.25) is 0 Å². The van der Waals surface area contributed by atoms with Crippen molar-refractivity contribution in [2.75, 3.05) is 32.5 Å². The van der Waals surface area contributed by atoms with Gasteiger partial charge in [0.15, 0.2) is 5.78 Å². The number of aromatic amines is 1. The van der Waals surface area contributed by atoms with Crippen molar-refractivity contribution >= 4 is 21.7 Å². The average molecular weight is 370 g/mol. The Hall–Kier alpha value is -1.78. The van der Waals surface area contributed by atoms with Gasteiger partial charge in [-0.05, 0) is 18.9 Å². The van der Waals surface area contributed by atoms with E-state index >= 15 is 0 Å². The summed E-state index contributed by atoms with van der Waals surface area (Å²) in [7, 11) is -3.31. The molecule has 2 aliphatic rings. The van der Waals surface area contributed by atoms with E-state index in [1.807, 2.05) is 0 Å². The van der Waals surface area contributed by atoms with E-state index in [1.54, 1.807) is 4.90 Å². The van der Waals surface area contributed by atoms with Crippen molar-refractivity contribution in [2.24, 2.45) is 0 Å². The molecule has 3 heterocycles. The number of amides is 1. The number of aromatic nitrogens is 2. The summed E-state index contributed by atoms with van der Waals surface area (Å²) in [5, 5.41) is 6.44. The van der Waals surface area contributed by atoms with Crippen molar-refractivity contribution in [3.63, 3.8) is 0 Å². The van der Waals surface area contributed by atoms with Crippen molar-refractivity contribution in [1.29, 1.82) is 0 Å². The highest BCUT2D eigenvalue weighted by molar-refractivity contribution is 7.88. The number of carbonyl (C=O) groups is 2. The van der Waals surface area contributed by atoms with Crippen molar-refractivity contribution in [3.8, 4) is 0 Å². The SMILES string of the molecule is CC(=O)c1cc(C(=O)N2CC[C@@H]3[C@@H](CC2)OCCN3S(C)(=O)=O)[nH]n1. The molecule has 2 saturated heterocycles. The fourth-order valence-corrected chi connectivity index (χ4v) is 4.58. The first-order valence-corrected chi connectivity index (χ1v) is 10.1. The van der Waals surface area contributed by atoms with Crippen LogP contribution in [0.4, 0.5) is 0 Å². The Balaban J connectivity index is 1.74. The van der Waals surface area contributed by atoms with E-state index in [4.69, 9.17) is 4.74 Å². The third-order valence-electron chi connectivity index (χ3n) is 4.70. The van der Waals surface area contributed by atoms with Crippen molar-refractivity contribution in [2.45, 2.75) is 31.9 Å². The molecule has 0 aromatic carbocycles. The Morgan fingerprint density at radius 3 is 2.64 bits per heavy atom. The van der Waals surface area contributed by atoms with Gasteiger partial charge in [-0.25, -0.2) is 8.42 Å². The molecule has 2 atom stereocenters. The summed E-state index contributed by atoms with van der Waals surface area (Å²) >= 11 is 0. The van der Waals surface area contributed by atoms with Crippen molar-refractivity contribution < 1.29 is 22.7 Å². The smallest absolute Gasteiger partial charge is 0.271 e. The monoisotopic (exact) mass is 370 g/mol. The summed E-state index contributed by atoms with van der Waals surface area (Å²) in [5.74, 6) is -0.459. The first kappa shape index (κ1) is 18.0. The zero-order valence-corrected chi connectivity index (χ0v) is 15.1. The molecule has 0 bridgehead atoms. The molecule has 0 saturated carbocycles. The van der Waals surface area contributed by atoms with Gasteiger partial charge in [-0.15, -0.1) is 0 Å². The van der Waals surface area contributed by atoms with Crippen LogP contribution in [0.5, 0.6) is 0 Å². The second-order valence-electron chi connectivity index (χ2n) is 6.44. The molecule has 1 aromatic heterocycles. The molecule has 3 rings (SSSR count). The Kier molecular flexibility index (Phi) is 4.94. The number of hydrogen-bond acceptors (Lipinski definition) is 6. The predicted molar refractivity (Wildman–Crippen MR) is 88.8 cm³/mol. The molecular weight excluding hydrogens is 348 g/mol. The van der Waals surface area contributed by atoms with Gasteiger partial charge in [-0.2, -0.15) is 9.40 Å². The number of ether oxygens (including phenoxy) is 1. The minimum Gasteiger partial charge on any atom is -0.375 e. The van der Waals surface area contributed by atoms with Gasteiger partial charge in [-0.3, -0.25) is 14.7 Å². The van der Waals surface area contributed by atoms with Crippen LogP contribution < -0.4 is 0 Å². The van der Waals surface area contributed by atoms with Gasteiger partial charge >= 0.3 is 0 Å². The standard InChI is InChI=1S/C15H22N4O5S/c1-10(20)11-9-12(17-16-11)15(21)18-5-3-13-14(4-6-18)24-8-7-19(13)25(2,22)23/h9,13-14H,3-8H2,1-2H3,(H,16,17)/t13-,14-/m1/s1. The highest BCUT2D eigenvalue weighted by Gasteiger charge is 2.39. The van der Waals surface area contributed by atoms with E-state index in [-0.39, 0.29) is 35.2 Å². The number of rotatable bonds is 3. The predicted octanol–water partition coefficient (Wildman–Crippen LogP) is -0.123. The summed E-state index contributed by atoms with van der Waals surface area (Å²) in [6, 6.07) is 1.19. The van der Waals surface area contributed by atoms with E-state index < -0.39 is 10.0 Å². The summed E-state index contributed by atoms with van der Waals surface area (Å²) in [4.78, 5) is 25.6. The van der Waals surface area contributed by atoms with Crippen LogP contribution in [-0.4, -0.2) is 84.2 Å². The average Bonchev–Trinajstić information content (AvgIpc) is 2.94. The Morgan fingerprint density at radius 2 is 2.00 bits per heavy atom. The summed E-state index contributed by atoms with van der Waals surface area (Å²) in [6.45, 7) is 2.98. The molecule has 1 aromatic rings. The van der Waals surface area contributed by atoms with E-state index in [0.717, 1.165) is 0 Å². The van der Waals surface area contributed by atoms with Gasteiger partial charge in [0.25, 0.3) is 5.91 Å². The van der Waals surface area contributed by atoms with Crippen LogP contribution in [0, 0.1) is 0 Å². The Bertz CT molecular complexity index is 775. The number of carbonyl (C=O) groups excluding carboxylic acids is 2. The van der Waals surface area contributed by atoms with Gasteiger partial charge in [0, 0.05) is 26.6 Å². The number of nitrogens with zero attached hydrogens (tertiary/aromatic N) is 3. The van der Waals surface area contributed by atoms with Crippen LogP contribution in [-0.2, 0) is 14.8 Å². The molecule has 0 unspecified atom stereocenters. The lowest BCUT2D eigenvalue weighted by Crippen LogP contribution is -2.53. The molecule has 25 heavy (non-hydrogen) atoms. The first-order chi connectivity index (χ1) is 11.8. The molecule has 0 radical (unpaired) electrons. The topological polar surface area (TPSA) is 113 Å². The van der Waals surface area contributed by atoms with Gasteiger partial charge < -0.3 is 9.64 Å². The fraction of sp³-hybridized carbons (Fsp3) is 0.667. The van der Waals surface area contributed by atoms with E-state index in [1.165, 1.54) is 23.6 Å². The lowest BCUT2D eigenvalue weighted by atomic mass is 10.0. The largest absolute Gasteiger partial charge is 0.375 e. The molecule has 2 aliphatic heterocycles. The number of Topliss-reactive ketones (excluding diaryl/α,β-unsaturated/α-hetero) is 1. The molecule has 0 aliphatic carbocycles. The second-order valence-corrected chi connectivity index (χ2v) is 8.38. The second kappa shape index (κ2) is 6.85. The van der Waals surface area contributed by atoms with Crippen LogP contribution in [0.15, 0.2) is 6.07 Å². The number of ketones is 1. The van der Waals surface area contributed by atoms with Gasteiger partial charge in [0.05, 0.1) is 25.0 Å². The highest BCUT2D eigenvalue weighted by atomic mass is 32.2. The third kappa shape index (κ3) is 3.75. The number of hydrogen-bond donors (Lipinski definition) is 1. The molecule has 1 amide bonds. The summed E-state index contributed by atoms with van der Waals surface area (Å²) in [5.41, 5.74) is 0.481. The van der Waals surface area contributed by atoms with E-state index in [2.05, 4.69) is 10.2 Å². The van der Waals surface area contributed by atoms with Gasteiger partial charge in [-0.1, -0.05) is 0 Å². The molecular formula is C15H22N4O5S. The minimum atomic E-state index is -3.31. The normalized spacial score (nSPS) is 25.3. The summed E-state index contributed by atoms with van der Waals surface area (Å²) in [6.07, 6.45) is 2.07. The van der Waals surface area contributed by atoms with Crippen LogP contribution in [0.3, 0.4) is 0 Å². The lowest BCUT2D eigenvalue weighted by Gasteiger charge is -2.38. The van der Waals surface area contributed by atoms with E-state index in [0.29, 0.717) is 39.1 Å². The molecule has 10 heteroatoms. The molecule has 9 nitrogen and oxygen atoms in total. The maximum atomic E-state index is 12.6. The van der Waals surface area contributed by atoms with Crippen molar-refractivity contribution in [1.82, 2.24) is 19.4 Å². The number of H-pyrrole nitrogens is 1. The van der Waals surface area contributed by atoms with Gasteiger partial charge in [0.1, 0.15) is 11.4 Å². The number of fused-ring (bicyclic) bond motifs is 1. The maximum Gasteiger partial charge on any atom is 0.271 e. The minimum absolute atomic E-state index is 0.212. The molecule has 1 N–H and O–H groups in total. The third-order valence-corrected chi connectivity index (χ3v) is 6.01. The van der Waals surface area contributed by atoms with E-state index in [9.17, 15) is 18.0 Å². The van der Waals surface area contributed by atoms with Crippen molar-refractivity contribution in [3.05, 3.63) is 17.5 Å². The zero-order valence-electron chi connectivity index (χ0n) is 14.3. The fourth-order valence-electron chi connectivity index (χ4n) is 3.44. The highest BCUT2D eigenvalue weighted by Crippen LogP contribution is 2.26. The van der Waals surface area contributed by atoms with Crippen LogP contribution >= 0.6 is 0 Å². The summed E-state index contributed by atoms with van der Waals surface area (Å²) < 4.78 is 31.2. The quantitative estimate of drug-likeness (QED) is 0.742. The molecule has 2 fully saturated rings. The number of nitrogens with one attached hydrogen (secondary N) is 1. The number of sulfonamides is 1. The molecule has 138 valence electrons. The number of morpholine rings is 1. The van der Waals surface area contributed by atoms with Crippen LogP contribution in [0.25, 0.3) is 0 Å². The molecule has 0 spiro atoms. The zero-order chi connectivity index (χ0) is 18.2. The number of likely N-dealkylation sites (tertiary alicyclic amines) is 1.